The zero-order valence-corrected chi connectivity index (χ0v) is 11.8. The molecule has 20 heavy (non-hydrogen) atoms. The summed E-state index contributed by atoms with van der Waals surface area (Å²) in [5.74, 6) is 5.32. The number of rotatable bonds is 6. The van der Waals surface area contributed by atoms with Crippen molar-refractivity contribution < 1.29 is 4.92 Å². The van der Waals surface area contributed by atoms with Gasteiger partial charge in [0.1, 0.15) is 11.4 Å². The van der Waals surface area contributed by atoms with E-state index in [1.165, 1.54) is 4.88 Å². The summed E-state index contributed by atoms with van der Waals surface area (Å²) in [5.41, 5.74) is 3.08. The number of nitrogens with one attached hydrogen (secondary N) is 2. The predicted molar refractivity (Wildman–Crippen MR) is 82.0 cm³/mol. The zero-order chi connectivity index (χ0) is 14.5. The number of hydrogen-bond acceptors (Lipinski definition) is 6. The van der Waals surface area contributed by atoms with E-state index >= 15 is 0 Å². The molecular weight excluding hydrogens is 276 g/mol. The van der Waals surface area contributed by atoms with Crippen molar-refractivity contribution in [2.75, 3.05) is 10.7 Å². The van der Waals surface area contributed by atoms with Crippen molar-refractivity contribution >= 4 is 28.4 Å². The molecule has 7 heteroatoms. The first-order valence-corrected chi connectivity index (χ1v) is 7.02. The molecule has 4 N–H and O–H groups in total. The molecule has 0 spiro atoms. The molecule has 0 aliphatic rings. The van der Waals surface area contributed by atoms with Crippen molar-refractivity contribution in [1.29, 1.82) is 0 Å². The molecule has 0 bridgehead atoms. The summed E-state index contributed by atoms with van der Waals surface area (Å²) < 4.78 is 0. The van der Waals surface area contributed by atoms with Gasteiger partial charge in [0.15, 0.2) is 0 Å². The Morgan fingerprint density at radius 1 is 1.35 bits per heavy atom. The van der Waals surface area contributed by atoms with E-state index in [4.69, 9.17) is 5.84 Å². The average Bonchev–Trinajstić information content (AvgIpc) is 2.90. The number of benzene rings is 1. The van der Waals surface area contributed by atoms with Crippen LogP contribution >= 0.6 is 11.3 Å². The molecule has 2 aromatic rings. The third-order valence-corrected chi connectivity index (χ3v) is 3.76. The van der Waals surface area contributed by atoms with Gasteiger partial charge >= 0.3 is 5.69 Å². The third kappa shape index (κ3) is 3.25. The van der Waals surface area contributed by atoms with Crippen molar-refractivity contribution in [2.24, 2.45) is 5.84 Å². The van der Waals surface area contributed by atoms with E-state index in [9.17, 15) is 10.1 Å². The maximum atomic E-state index is 11.2. The van der Waals surface area contributed by atoms with Crippen LogP contribution in [0.4, 0.5) is 17.1 Å². The highest BCUT2D eigenvalue weighted by molar-refractivity contribution is 7.09. The molecule has 0 aliphatic carbocycles. The number of nitro groups is 1. The lowest BCUT2D eigenvalue weighted by atomic mass is 10.1. The Bertz CT molecular complexity index is 586. The summed E-state index contributed by atoms with van der Waals surface area (Å²) in [4.78, 5) is 12.0. The molecule has 6 nitrogen and oxygen atoms in total. The van der Waals surface area contributed by atoms with Gasteiger partial charge in [0, 0.05) is 17.3 Å². The van der Waals surface area contributed by atoms with Gasteiger partial charge in [-0.3, -0.25) is 16.0 Å². The molecule has 0 amide bonds. The van der Waals surface area contributed by atoms with E-state index in [0.29, 0.717) is 11.4 Å². The molecule has 1 aromatic heterocycles. The van der Waals surface area contributed by atoms with Crippen LogP contribution in [0, 0.1) is 10.1 Å². The number of hydrogen-bond donors (Lipinski definition) is 3. The summed E-state index contributed by atoms with van der Waals surface area (Å²) in [6.45, 7) is 1.99. The number of nitro benzene ring substituents is 1. The van der Waals surface area contributed by atoms with Crippen LogP contribution in [0.2, 0.25) is 0 Å². The molecule has 0 saturated heterocycles. The van der Waals surface area contributed by atoms with Crippen molar-refractivity contribution in [3.63, 3.8) is 0 Å². The molecule has 0 aliphatic heterocycles. The largest absolute Gasteiger partial charge is 0.377 e. The molecule has 1 atom stereocenters. The zero-order valence-electron chi connectivity index (χ0n) is 11.0. The van der Waals surface area contributed by atoms with Crippen molar-refractivity contribution in [1.82, 2.24) is 0 Å². The second kappa shape index (κ2) is 6.36. The Labute approximate surface area is 120 Å². The fraction of sp³-hybridized carbons (Fsp3) is 0.231. The minimum Gasteiger partial charge on any atom is -0.377 e. The highest BCUT2D eigenvalue weighted by atomic mass is 32.1. The van der Waals surface area contributed by atoms with Crippen LogP contribution in [0.25, 0.3) is 0 Å². The minimum atomic E-state index is -0.435. The van der Waals surface area contributed by atoms with Gasteiger partial charge < -0.3 is 10.7 Å². The Kier molecular flexibility index (Phi) is 4.54. The van der Waals surface area contributed by atoms with Crippen LogP contribution in [-0.2, 0) is 6.42 Å². The van der Waals surface area contributed by atoms with Crippen LogP contribution in [0.5, 0.6) is 0 Å². The fourth-order valence-electron chi connectivity index (χ4n) is 2.02. The minimum absolute atomic E-state index is 0.0342. The summed E-state index contributed by atoms with van der Waals surface area (Å²) in [7, 11) is 0. The molecule has 0 fully saturated rings. The number of nitrogens with zero attached hydrogens (tertiary/aromatic N) is 1. The molecule has 0 saturated carbocycles. The van der Waals surface area contributed by atoms with Crippen LogP contribution in [0.1, 0.15) is 11.8 Å². The lowest BCUT2D eigenvalue weighted by molar-refractivity contribution is -0.383. The van der Waals surface area contributed by atoms with Gasteiger partial charge in [-0.1, -0.05) is 12.1 Å². The van der Waals surface area contributed by atoms with Crippen molar-refractivity contribution in [3.8, 4) is 0 Å². The summed E-state index contributed by atoms with van der Waals surface area (Å²) in [5, 5.41) is 16.4. The predicted octanol–water partition coefficient (Wildman–Crippen LogP) is 2.98. The van der Waals surface area contributed by atoms with Gasteiger partial charge in [-0.15, -0.1) is 11.3 Å². The number of para-hydroxylation sites is 1. The molecule has 106 valence electrons. The summed E-state index contributed by atoms with van der Waals surface area (Å²) >= 11 is 1.67. The lowest BCUT2D eigenvalue weighted by Crippen LogP contribution is -2.19. The first-order valence-electron chi connectivity index (χ1n) is 6.14. The molecule has 0 radical (unpaired) electrons. The number of anilines is 2. The quantitative estimate of drug-likeness (QED) is 0.432. The molecule has 1 heterocycles. The van der Waals surface area contributed by atoms with Crippen LogP contribution < -0.4 is 16.6 Å². The number of thiophene rings is 1. The van der Waals surface area contributed by atoms with E-state index in [1.54, 1.807) is 29.5 Å². The van der Waals surface area contributed by atoms with E-state index in [1.807, 2.05) is 18.4 Å². The maximum Gasteiger partial charge on any atom is 0.316 e. The van der Waals surface area contributed by atoms with Gasteiger partial charge in [-0.25, -0.2) is 0 Å². The van der Waals surface area contributed by atoms with Gasteiger partial charge in [0.25, 0.3) is 0 Å². The monoisotopic (exact) mass is 292 g/mol. The second-order valence-corrected chi connectivity index (χ2v) is 5.46. The van der Waals surface area contributed by atoms with E-state index < -0.39 is 4.92 Å². The SMILES string of the molecule is CC(Cc1cccs1)Nc1cccc(NN)c1[N+](=O)[O-]. The number of nitrogens with two attached hydrogens (primary N) is 1. The smallest absolute Gasteiger partial charge is 0.316 e. The van der Waals surface area contributed by atoms with Crippen molar-refractivity contribution in [2.45, 2.75) is 19.4 Å². The highest BCUT2D eigenvalue weighted by Crippen LogP contribution is 2.32. The Morgan fingerprint density at radius 2 is 2.10 bits per heavy atom. The Hall–Kier alpha value is -2.12. The van der Waals surface area contributed by atoms with E-state index in [2.05, 4.69) is 16.8 Å². The molecular formula is C13H16N4O2S. The van der Waals surface area contributed by atoms with E-state index in [-0.39, 0.29) is 11.7 Å². The lowest BCUT2D eigenvalue weighted by Gasteiger charge is -2.15. The first-order chi connectivity index (χ1) is 9.61. The standard InChI is InChI=1S/C13H16N4O2S/c1-9(8-10-4-3-7-20-10)15-11-5-2-6-12(16-14)13(11)17(18)19/h2-7,9,15-16H,8,14H2,1H3. The van der Waals surface area contributed by atoms with Gasteiger partial charge in [0.05, 0.1) is 4.92 Å². The third-order valence-electron chi connectivity index (χ3n) is 2.86. The molecule has 2 rings (SSSR count). The molecule has 1 unspecified atom stereocenters. The van der Waals surface area contributed by atoms with Gasteiger partial charge in [0.2, 0.25) is 0 Å². The van der Waals surface area contributed by atoms with Crippen LogP contribution in [0.3, 0.4) is 0 Å². The normalized spacial score (nSPS) is 11.9. The maximum absolute atomic E-state index is 11.2. The van der Waals surface area contributed by atoms with Crippen LogP contribution in [-0.4, -0.2) is 11.0 Å². The van der Waals surface area contributed by atoms with Crippen molar-refractivity contribution in [3.05, 3.63) is 50.7 Å². The topological polar surface area (TPSA) is 93.2 Å². The Balaban J connectivity index is 2.18. The highest BCUT2D eigenvalue weighted by Gasteiger charge is 2.20. The van der Waals surface area contributed by atoms with Gasteiger partial charge in [-0.2, -0.15) is 0 Å². The summed E-state index contributed by atoms with van der Waals surface area (Å²) in [6.07, 6.45) is 0.815. The van der Waals surface area contributed by atoms with Gasteiger partial charge in [-0.05, 0) is 30.5 Å². The summed E-state index contributed by atoms with van der Waals surface area (Å²) in [6, 6.07) is 9.11. The number of hydrazine groups is 1. The number of nitrogen functional groups attached to an aromatic ring is 1. The molecule has 1 aromatic carbocycles. The second-order valence-electron chi connectivity index (χ2n) is 4.43. The fourth-order valence-corrected chi connectivity index (χ4v) is 2.86. The van der Waals surface area contributed by atoms with E-state index in [0.717, 1.165) is 6.42 Å². The first kappa shape index (κ1) is 14.3. The average molecular weight is 292 g/mol. The van der Waals surface area contributed by atoms with Crippen LogP contribution in [0.15, 0.2) is 35.7 Å². The Morgan fingerprint density at radius 3 is 2.70 bits per heavy atom.